The summed E-state index contributed by atoms with van der Waals surface area (Å²) in [5, 5.41) is 7.50. The number of aromatic nitrogens is 4. The van der Waals surface area contributed by atoms with Gasteiger partial charge in [-0.15, -0.1) is 0 Å². The molecule has 2 heterocycles. The second-order valence-corrected chi connectivity index (χ2v) is 6.86. The molecule has 2 aromatic carbocycles. The van der Waals surface area contributed by atoms with Gasteiger partial charge in [-0.25, -0.2) is 4.68 Å². The molecule has 3 N–H and O–H groups in total. The van der Waals surface area contributed by atoms with Gasteiger partial charge in [0.05, 0.1) is 5.52 Å². The number of rotatable bonds is 5. The molecule has 2 aromatic heterocycles. The third-order valence-electron chi connectivity index (χ3n) is 4.69. The van der Waals surface area contributed by atoms with Crippen molar-refractivity contribution in [3.8, 4) is 11.4 Å². The normalized spacial score (nSPS) is 11.1. The molecule has 0 spiro atoms. The number of para-hydroxylation sites is 1. The van der Waals surface area contributed by atoms with Crippen LogP contribution in [0.25, 0.3) is 16.6 Å². The molecule has 0 aliphatic carbocycles. The number of Topliss-reactive ketones (excluding diaryl/α,β-unsaturated/α-hetero) is 1. The molecule has 28 heavy (non-hydrogen) atoms. The van der Waals surface area contributed by atoms with E-state index in [2.05, 4.69) is 14.8 Å². The minimum absolute atomic E-state index is 0.0113. The average Bonchev–Trinajstić information content (AvgIpc) is 3.16. The van der Waals surface area contributed by atoms with Crippen LogP contribution in [0.1, 0.15) is 28.8 Å². The number of ketones is 1. The van der Waals surface area contributed by atoms with Crippen LogP contribution in [0.4, 0.5) is 0 Å². The summed E-state index contributed by atoms with van der Waals surface area (Å²) in [6.45, 7) is 3.69. The maximum absolute atomic E-state index is 12.4. The van der Waals surface area contributed by atoms with Crippen LogP contribution < -0.4 is 10.6 Å². The van der Waals surface area contributed by atoms with E-state index < -0.39 is 0 Å². The predicted molar refractivity (Wildman–Crippen MR) is 110 cm³/mol. The smallest absolute Gasteiger partial charge is 0.214 e. The number of nitrogens with two attached hydrogens (primary N) is 1. The quantitative estimate of drug-likeness (QED) is 0.307. The molecular formula is C20H19N5O2S. The van der Waals surface area contributed by atoms with Crippen molar-refractivity contribution in [2.45, 2.75) is 20.5 Å². The summed E-state index contributed by atoms with van der Waals surface area (Å²) in [5.74, 6) is 6.91. The first-order valence-electron chi connectivity index (χ1n) is 8.73. The highest BCUT2D eigenvalue weighted by Gasteiger charge is 2.19. The maximum atomic E-state index is 12.4. The number of nitrogens with zero attached hydrogens (tertiary/aromatic N) is 3. The van der Waals surface area contributed by atoms with Crippen LogP contribution in [0, 0.1) is 11.7 Å². The minimum Gasteiger partial charge on any atom is -0.486 e. The van der Waals surface area contributed by atoms with Gasteiger partial charge in [0.2, 0.25) is 4.77 Å². The lowest BCUT2D eigenvalue weighted by molar-refractivity contribution is 0.101. The van der Waals surface area contributed by atoms with E-state index >= 15 is 0 Å². The number of nitrogen functional groups attached to an aromatic ring is 1. The molecule has 0 radical (unpaired) electrons. The fraction of sp³-hybridized carbons (Fsp3) is 0.150. The lowest BCUT2D eigenvalue weighted by atomic mass is 10.1. The monoisotopic (exact) mass is 393 g/mol. The third-order valence-corrected chi connectivity index (χ3v) is 4.98. The Morgan fingerprint density at radius 2 is 2.00 bits per heavy atom. The van der Waals surface area contributed by atoms with Crippen LogP contribution >= 0.6 is 12.2 Å². The number of H-pyrrole nitrogens is 1. The Balaban J connectivity index is 1.78. The second kappa shape index (κ2) is 6.97. The molecule has 4 rings (SSSR count). The number of fused-ring (bicyclic) bond motifs is 1. The standard InChI is InChI=1S/C20H19N5O2S/c1-12-19(13(2)26)16-10-15(27-11-18-22-23-20(28)25(18)21)8-9-17(16)24(12)14-6-4-3-5-7-14/h3-10H,11,21H2,1-2H3,(H,23,28). The molecule has 0 bridgehead atoms. The maximum Gasteiger partial charge on any atom is 0.214 e. The van der Waals surface area contributed by atoms with E-state index in [0.29, 0.717) is 21.9 Å². The van der Waals surface area contributed by atoms with E-state index in [4.69, 9.17) is 22.8 Å². The van der Waals surface area contributed by atoms with Crippen molar-refractivity contribution < 1.29 is 9.53 Å². The summed E-state index contributed by atoms with van der Waals surface area (Å²) in [4.78, 5) is 12.4. The van der Waals surface area contributed by atoms with Crippen molar-refractivity contribution in [1.82, 2.24) is 19.4 Å². The molecule has 142 valence electrons. The Labute approximate surface area is 166 Å². The Morgan fingerprint density at radius 1 is 1.25 bits per heavy atom. The Morgan fingerprint density at radius 3 is 2.64 bits per heavy atom. The lowest BCUT2D eigenvalue weighted by Crippen LogP contribution is -2.14. The van der Waals surface area contributed by atoms with Gasteiger partial charge in [0, 0.05) is 22.3 Å². The van der Waals surface area contributed by atoms with E-state index in [1.165, 1.54) is 4.68 Å². The van der Waals surface area contributed by atoms with Crippen molar-refractivity contribution in [2.24, 2.45) is 0 Å². The molecule has 0 aliphatic rings. The van der Waals surface area contributed by atoms with Crippen molar-refractivity contribution in [2.75, 3.05) is 5.84 Å². The topological polar surface area (TPSA) is 90.9 Å². The van der Waals surface area contributed by atoms with Crippen molar-refractivity contribution in [3.05, 3.63) is 70.4 Å². The van der Waals surface area contributed by atoms with E-state index in [1.807, 2.05) is 55.5 Å². The first-order chi connectivity index (χ1) is 13.5. The van der Waals surface area contributed by atoms with Crippen molar-refractivity contribution in [3.63, 3.8) is 0 Å². The van der Waals surface area contributed by atoms with Gasteiger partial charge in [0.1, 0.15) is 12.4 Å². The molecule has 0 fully saturated rings. The third kappa shape index (κ3) is 2.97. The summed E-state index contributed by atoms with van der Waals surface area (Å²) in [6, 6.07) is 15.7. The molecule has 7 nitrogen and oxygen atoms in total. The van der Waals surface area contributed by atoms with Gasteiger partial charge in [-0.3, -0.25) is 9.89 Å². The highest BCUT2D eigenvalue weighted by atomic mass is 32.1. The molecule has 8 heteroatoms. The van der Waals surface area contributed by atoms with Crippen molar-refractivity contribution >= 4 is 28.9 Å². The zero-order valence-electron chi connectivity index (χ0n) is 15.5. The van der Waals surface area contributed by atoms with E-state index in [0.717, 1.165) is 22.3 Å². The molecule has 0 saturated carbocycles. The van der Waals surface area contributed by atoms with Gasteiger partial charge in [-0.2, -0.15) is 5.10 Å². The van der Waals surface area contributed by atoms with Crippen molar-refractivity contribution in [1.29, 1.82) is 0 Å². The number of nitrogens with one attached hydrogen (secondary N) is 1. The fourth-order valence-corrected chi connectivity index (χ4v) is 3.58. The number of hydrogen-bond donors (Lipinski definition) is 2. The fourth-order valence-electron chi connectivity index (χ4n) is 3.43. The largest absolute Gasteiger partial charge is 0.486 e. The number of ether oxygens (including phenoxy) is 1. The van der Waals surface area contributed by atoms with Crippen LogP contribution in [-0.2, 0) is 6.61 Å². The summed E-state index contributed by atoms with van der Waals surface area (Å²) < 4.78 is 9.51. The predicted octanol–water partition coefficient (Wildman–Crippen LogP) is 3.69. The summed E-state index contributed by atoms with van der Waals surface area (Å²) in [5.41, 5.74) is 3.53. The highest BCUT2D eigenvalue weighted by molar-refractivity contribution is 7.71. The van der Waals surface area contributed by atoms with Crippen LogP contribution in [0.5, 0.6) is 5.75 Å². The molecule has 0 amide bonds. The summed E-state index contributed by atoms with van der Waals surface area (Å²) in [6.07, 6.45) is 0. The average molecular weight is 393 g/mol. The van der Waals surface area contributed by atoms with Gasteiger partial charge < -0.3 is 15.1 Å². The number of hydrogen-bond acceptors (Lipinski definition) is 5. The minimum atomic E-state index is 0.0113. The van der Waals surface area contributed by atoms with E-state index in [-0.39, 0.29) is 12.4 Å². The molecule has 0 aliphatic heterocycles. The molecular weight excluding hydrogens is 374 g/mol. The van der Waals surface area contributed by atoms with Gasteiger partial charge in [-0.05, 0) is 56.4 Å². The van der Waals surface area contributed by atoms with Crippen LogP contribution in [-0.4, -0.2) is 25.2 Å². The van der Waals surface area contributed by atoms with E-state index in [9.17, 15) is 4.79 Å². The Kier molecular flexibility index (Phi) is 4.48. The van der Waals surface area contributed by atoms with Gasteiger partial charge in [0.25, 0.3) is 0 Å². The number of carbonyl (C=O) groups is 1. The zero-order chi connectivity index (χ0) is 19.8. The van der Waals surface area contributed by atoms with Gasteiger partial charge >= 0.3 is 0 Å². The number of carbonyl (C=O) groups excluding carboxylic acids is 1. The SMILES string of the molecule is CC(=O)c1c(C)n(-c2ccccc2)c2ccc(OCc3n[nH]c(=S)n3N)cc12. The van der Waals surface area contributed by atoms with Crippen LogP contribution in [0.2, 0.25) is 0 Å². The molecule has 0 unspecified atom stereocenters. The summed E-state index contributed by atoms with van der Waals surface area (Å²) in [7, 11) is 0. The Hall–Kier alpha value is -3.39. The van der Waals surface area contributed by atoms with Crippen LogP contribution in [0.3, 0.4) is 0 Å². The highest BCUT2D eigenvalue weighted by Crippen LogP contribution is 2.32. The summed E-state index contributed by atoms with van der Waals surface area (Å²) >= 11 is 5.00. The first-order valence-corrected chi connectivity index (χ1v) is 9.14. The molecule has 0 saturated heterocycles. The van der Waals surface area contributed by atoms with Crippen LogP contribution in [0.15, 0.2) is 48.5 Å². The second-order valence-electron chi connectivity index (χ2n) is 6.47. The Bertz CT molecular complexity index is 1240. The van der Waals surface area contributed by atoms with Gasteiger partial charge in [-0.1, -0.05) is 18.2 Å². The first kappa shape index (κ1) is 18.0. The zero-order valence-corrected chi connectivity index (χ0v) is 16.3. The molecule has 0 atom stereocenters. The number of benzene rings is 2. The lowest BCUT2D eigenvalue weighted by Gasteiger charge is -2.09. The number of aromatic amines is 1. The van der Waals surface area contributed by atoms with Gasteiger partial charge in [0.15, 0.2) is 11.6 Å². The van der Waals surface area contributed by atoms with E-state index in [1.54, 1.807) is 6.92 Å². The molecule has 4 aromatic rings.